The third-order valence-electron chi connectivity index (χ3n) is 2.09. The summed E-state index contributed by atoms with van der Waals surface area (Å²) < 4.78 is 0. The van der Waals surface area contributed by atoms with Crippen LogP contribution in [0.15, 0.2) is 24.8 Å². The molecule has 13 heavy (non-hydrogen) atoms. The lowest BCUT2D eigenvalue weighted by molar-refractivity contribution is 1.17. The first-order valence-corrected chi connectivity index (χ1v) is 4.29. The number of H-pyrrole nitrogens is 1. The number of benzene rings is 1. The summed E-state index contributed by atoms with van der Waals surface area (Å²) in [6, 6.07) is 6.14. The van der Waals surface area contributed by atoms with Crippen LogP contribution in [-0.4, -0.2) is 9.97 Å². The lowest BCUT2D eigenvalue weighted by atomic mass is 10.1. The Labute approximate surface area is 77.3 Å². The maximum absolute atomic E-state index is 4.33. The van der Waals surface area contributed by atoms with E-state index in [0.717, 1.165) is 28.0 Å². The Bertz CT molecular complexity index is 466. The van der Waals surface area contributed by atoms with Gasteiger partial charge in [0, 0.05) is 0 Å². The fourth-order valence-electron chi connectivity index (χ4n) is 1.40. The van der Waals surface area contributed by atoms with Gasteiger partial charge in [-0.2, -0.15) is 0 Å². The van der Waals surface area contributed by atoms with E-state index >= 15 is 0 Å². The van der Waals surface area contributed by atoms with E-state index < -0.39 is 0 Å². The zero-order valence-corrected chi connectivity index (χ0v) is 7.89. The van der Waals surface area contributed by atoms with Crippen LogP contribution in [0.2, 0.25) is 0 Å². The standard InChI is InChI=1S/C11H12N2/c1-7(2)9-4-5-10-11(6-9)13-8(3)12-10/h4-6H,1H2,2-3H3,(H,12,13). The van der Waals surface area contributed by atoms with Crippen molar-refractivity contribution in [3.05, 3.63) is 36.2 Å². The lowest BCUT2D eigenvalue weighted by Gasteiger charge is -1.97. The molecule has 1 aromatic heterocycles. The summed E-state index contributed by atoms with van der Waals surface area (Å²) in [5, 5.41) is 0. The van der Waals surface area contributed by atoms with Gasteiger partial charge in [0.2, 0.25) is 0 Å². The molecule has 66 valence electrons. The summed E-state index contributed by atoms with van der Waals surface area (Å²) in [5.41, 5.74) is 4.34. The normalized spacial score (nSPS) is 10.6. The second kappa shape index (κ2) is 2.73. The average molecular weight is 172 g/mol. The molecule has 2 rings (SSSR count). The quantitative estimate of drug-likeness (QED) is 0.704. The molecule has 0 amide bonds. The Morgan fingerprint density at radius 3 is 2.92 bits per heavy atom. The van der Waals surface area contributed by atoms with Gasteiger partial charge in [0.15, 0.2) is 0 Å². The number of aromatic nitrogens is 2. The summed E-state index contributed by atoms with van der Waals surface area (Å²) in [4.78, 5) is 7.53. The first kappa shape index (κ1) is 8.05. The number of fused-ring (bicyclic) bond motifs is 1. The molecule has 0 spiro atoms. The number of imidazole rings is 1. The average Bonchev–Trinajstić information content (AvgIpc) is 2.42. The Balaban J connectivity index is 2.67. The van der Waals surface area contributed by atoms with Crippen LogP contribution in [0.5, 0.6) is 0 Å². The number of nitrogens with zero attached hydrogens (tertiary/aromatic N) is 1. The van der Waals surface area contributed by atoms with Gasteiger partial charge in [-0.25, -0.2) is 4.98 Å². The van der Waals surface area contributed by atoms with Crippen LogP contribution in [0, 0.1) is 6.92 Å². The largest absolute Gasteiger partial charge is 0.342 e. The number of hydrogen-bond donors (Lipinski definition) is 1. The zero-order valence-electron chi connectivity index (χ0n) is 7.89. The van der Waals surface area contributed by atoms with Crippen LogP contribution in [0.25, 0.3) is 16.6 Å². The number of hydrogen-bond acceptors (Lipinski definition) is 1. The molecule has 0 atom stereocenters. The topological polar surface area (TPSA) is 28.7 Å². The minimum absolute atomic E-state index is 0.953. The summed E-state index contributed by atoms with van der Waals surface area (Å²) in [5.74, 6) is 0.953. The van der Waals surface area contributed by atoms with E-state index in [2.05, 4.69) is 22.6 Å². The van der Waals surface area contributed by atoms with Crippen LogP contribution in [0.4, 0.5) is 0 Å². The Kier molecular flexibility index (Phi) is 1.69. The molecule has 0 saturated carbocycles. The van der Waals surface area contributed by atoms with Crippen molar-refractivity contribution in [2.45, 2.75) is 13.8 Å². The molecule has 1 heterocycles. The van der Waals surface area contributed by atoms with Gasteiger partial charge in [-0.05, 0) is 31.5 Å². The third-order valence-corrected chi connectivity index (χ3v) is 2.09. The van der Waals surface area contributed by atoms with Crippen molar-refractivity contribution >= 4 is 16.6 Å². The van der Waals surface area contributed by atoms with Gasteiger partial charge in [-0.15, -0.1) is 0 Å². The molecule has 0 fully saturated rings. The van der Waals surface area contributed by atoms with Gasteiger partial charge in [-0.3, -0.25) is 0 Å². The van der Waals surface area contributed by atoms with Gasteiger partial charge < -0.3 is 4.98 Å². The fraction of sp³-hybridized carbons (Fsp3) is 0.182. The SMILES string of the molecule is C=C(C)c1ccc2nc(C)[nH]c2c1. The van der Waals surface area contributed by atoms with Crippen molar-refractivity contribution in [1.29, 1.82) is 0 Å². The van der Waals surface area contributed by atoms with Gasteiger partial charge in [0.25, 0.3) is 0 Å². The Morgan fingerprint density at radius 2 is 2.23 bits per heavy atom. The van der Waals surface area contributed by atoms with Crippen molar-refractivity contribution in [1.82, 2.24) is 9.97 Å². The maximum Gasteiger partial charge on any atom is 0.104 e. The summed E-state index contributed by atoms with van der Waals surface area (Å²) in [6.07, 6.45) is 0. The number of allylic oxidation sites excluding steroid dienone is 1. The minimum atomic E-state index is 0.953. The fourth-order valence-corrected chi connectivity index (χ4v) is 1.40. The predicted octanol–water partition coefficient (Wildman–Crippen LogP) is 2.90. The van der Waals surface area contributed by atoms with Crippen molar-refractivity contribution in [2.75, 3.05) is 0 Å². The number of nitrogens with one attached hydrogen (secondary N) is 1. The summed E-state index contributed by atoms with van der Waals surface area (Å²) in [6.45, 7) is 7.87. The Morgan fingerprint density at radius 1 is 1.46 bits per heavy atom. The highest BCUT2D eigenvalue weighted by atomic mass is 14.9. The first-order valence-electron chi connectivity index (χ1n) is 4.29. The van der Waals surface area contributed by atoms with Crippen LogP contribution in [-0.2, 0) is 0 Å². The second-order valence-corrected chi connectivity index (χ2v) is 3.33. The zero-order chi connectivity index (χ0) is 9.42. The molecule has 0 radical (unpaired) electrons. The van der Waals surface area contributed by atoms with Gasteiger partial charge in [-0.1, -0.05) is 18.2 Å². The monoisotopic (exact) mass is 172 g/mol. The van der Waals surface area contributed by atoms with E-state index in [1.807, 2.05) is 26.0 Å². The predicted molar refractivity (Wildman–Crippen MR) is 55.5 cm³/mol. The lowest BCUT2D eigenvalue weighted by Crippen LogP contribution is -1.77. The number of rotatable bonds is 1. The highest BCUT2D eigenvalue weighted by molar-refractivity contribution is 5.80. The number of aromatic amines is 1. The minimum Gasteiger partial charge on any atom is -0.342 e. The molecule has 0 saturated heterocycles. The molecule has 2 nitrogen and oxygen atoms in total. The molecule has 2 heteroatoms. The molecule has 1 aromatic carbocycles. The molecular weight excluding hydrogens is 160 g/mol. The molecule has 0 aliphatic rings. The van der Waals surface area contributed by atoms with Gasteiger partial charge in [0.05, 0.1) is 11.0 Å². The van der Waals surface area contributed by atoms with E-state index in [1.165, 1.54) is 0 Å². The van der Waals surface area contributed by atoms with Crippen LogP contribution in [0.3, 0.4) is 0 Å². The van der Waals surface area contributed by atoms with Gasteiger partial charge >= 0.3 is 0 Å². The molecular formula is C11H12N2. The van der Waals surface area contributed by atoms with Gasteiger partial charge in [0.1, 0.15) is 5.82 Å². The number of aryl methyl sites for hydroxylation is 1. The molecule has 0 bridgehead atoms. The maximum atomic E-state index is 4.33. The second-order valence-electron chi connectivity index (χ2n) is 3.33. The van der Waals surface area contributed by atoms with E-state index in [9.17, 15) is 0 Å². The highest BCUT2D eigenvalue weighted by Crippen LogP contribution is 2.17. The van der Waals surface area contributed by atoms with E-state index in [0.29, 0.717) is 0 Å². The van der Waals surface area contributed by atoms with Crippen molar-refractivity contribution in [2.24, 2.45) is 0 Å². The van der Waals surface area contributed by atoms with Crippen LogP contribution >= 0.6 is 0 Å². The summed E-state index contributed by atoms with van der Waals surface area (Å²) >= 11 is 0. The molecule has 2 aromatic rings. The molecule has 0 aliphatic carbocycles. The molecule has 1 N–H and O–H groups in total. The smallest absolute Gasteiger partial charge is 0.104 e. The first-order chi connectivity index (χ1) is 6.16. The van der Waals surface area contributed by atoms with Crippen LogP contribution in [0.1, 0.15) is 18.3 Å². The van der Waals surface area contributed by atoms with E-state index in [1.54, 1.807) is 0 Å². The van der Waals surface area contributed by atoms with Crippen LogP contribution < -0.4 is 0 Å². The summed E-state index contributed by atoms with van der Waals surface area (Å²) in [7, 11) is 0. The van der Waals surface area contributed by atoms with E-state index in [-0.39, 0.29) is 0 Å². The van der Waals surface area contributed by atoms with Crippen molar-refractivity contribution < 1.29 is 0 Å². The van der Waals surface area contributed by atoms with E-state index in [4.69, 9.17) is 0 Å². The Hall–Kier alpha value is -1.57. The van der Waals surface area contributed by atoms with Crippen molar-refractivity contribution in [3.8, 4) is 0 Å². The molecule has 0 aliphatic heterocycles. The van der Waals surface area contributed by atoms with Crippen molar-refractivity contribution in [3.63, 3.8) is 0 Å². The highest BCUT2D eigenvalue weighted by Gasteiger charge is 2.00. The third kappa shape index (κ3) is 1.35. The molecule has 0 unspecified atom stereocenters.